The number of halogens is 3. The molecule has 0 radical (unpaired) electrons. The second-order valence-electron chi connectivity index (χ2n) is 2.37. The molecular weight excluding hydrogens is 202 g/mol. The lowest BCUT2D eigenvalue weighted by Crippen LogP contribution is -2.14. The van der Waals surface area contributed by atoms with Gasteiger partial charge in [-0.1, -0.05) is 11.6 Å². The SMILES string of the molecule is NCc1c(C(F)F)c[nH]c(=O)c1Cl. The summed E-state index contributed by atoms with van der Waals surface area (Å²) in [6.07, 6.45) is -1.76. The molecule has 0 unspecified atom stereocenters. The van der Waals surface area contributed by atoms with Crippen molar-refractivity contribution in [2.75, 3.05) is 0 Å². The van der Waals surface area contributed by atoms with E-state index in [2.05, 4.69) is 4.98 Å². The molecule has 0 amide bonds. The molecule has 1 heterocycles. The molecular formula is C7H7ClF2N2O. The van der Waals surface area contributed by atoms with Crippen molar-refractivity contribution in [3.63, 3.8) is 0 Å². The zero-order valence-electron chi connectivity index (χ0n) is 6.48. The van der Waals surface area contributed by atoms with Gasteiger partial charge in [0, 0.05) is 23.9 Å². The molecule has 13 heavy (non-hydrogen) atoms. The Morgan fingerprint density at radius 1 is 1.62 bits per heavy atom. The zero-order chi connectivity index (χ0) is 10.0. The van der Waals surface area contributed by atoms with Gasteiger partial charge < -0.3 is 10.7 Å². The second kappa shape index (κ2) is 3.85. The van der Waals surface area contributed by atoms with Crippen molar-refractivity contribution in [3.8, 4) is 0 Å². The van der Waals surface area contributed by atoms with Gasteiger partial charge in [-0.15, -0.1) is 0 Å². The van der Waals surface area contributed by atoms with Gasteiger partial charge in [-0.3, -0.25) is 4.79 Å². The van der Waals surface area contributed by atoms with E-state index in [1.807, 2.05) is 0 Å². The highest BCUT2D eigenvalue weighted by Gasteiger charge is 2.16. The maximum Gasteiger partial charge on any atom is 0.267 e. The summed E-state index contributed by atoms with van der Waals surface area (Å²) in [5, 5.41) is -0.264. The third-order valence-electron chi connectivity index (χ3n) is 1.61. The van der Waals surface area contributed by atoms with Crippen LogP contribution in [-0.2, 0) is 6.54 Å². The van der Waals surface area contributed by atoms with Gasteiger partial charge in [0.1, 0.15) is 5.02 Å². The van der Waals surface area contributed by atoms with Crippen LogP contribution >= 0.6 is 11.6 Å². The molecule has 0 fully saturated rings. The maximum atomic E-state index is 12.3. The molecule has 1 rings (SSSR count). The van der Waals surface area contributed by atoms with Gasteiger partial charge in [-0.2, -0.15) is 0 Å². The number of alkyl halides is 2. The molecule has 3 nitrogen and oxygen atoms in total. The van der Waals surface area contributed by atoms with E-state index in [0.717, 1.165) is 6.20 Å². The van der Waals surface area contributed by atoms with E-state index in [0.29, 0.717) is 0 Å². The van der Waals surface area contributed by atoms with E-state index in [9.17, 15) is 13.6 Å². The summed E-state index contributed by atoms with van der Waals surface area (Å²) >= 11 is 5.49. The fraction of sp³-hybridized carbons (Fsp3) is 0.286. The Kier molecular flexibility index (Phi) is 3.00. The van der Waals surface area contributed by atoms with Crippen LogP contribution in [0.2, 0.25) is 5.02 Å². The van der Waals surface area contributed by atoms with Gasteiger partial charge >= 0.3 is 0 Å². The molecule has 1 aromatic rings. The van der Waals surface area contributed by atoms with E-state index >= 15 is 0 Å². The number of nitrogens with two attached hydrogens (primary N) is 1. The Morgan fingerprint density at radius 2 is 2.23 bits per heavy atom. The van der Waals surface area contributed by atoms with Crippen LogP contribution in [0, 0.1) is 0 Å². The van der Waals surface area contributed by atoms with Crippen LogP contribution in [-0.4, -0.2) is 4.98 Å². The minimum Gasteiger partial charge on any atom is -0.327 e. The van der Waals surface area contributed by atoms with Crippen LogP contribution in [0.1, 0.15) is 17.6 Å². The largest absolute Gasteiger partial charge is 0.327 e. The lowest BCUT2D eigenvalue weighted by atomic mass is 10.1. The van der Waals surface area contributed by atoms with Crippen LogP contribution in [0.4, 0.5) is 8.78 Å². The van der Waals surface area contributed by atoms with E-state index in [1.54, 1.807) is 0 Å². The first-order valence-corrected chi connectivity index (χ1v) is 3.84. The molecule has 0 bridgehead atoms. The maximum absolute atomic E-state index is 12.3. The monoisotopic (exact) mass is 208 g/mol. The van der Waals surface area contributed by atoms with Gasteiger partial charge in [0.2, 0.25) is 0 Å². The summed E-state index contributed by atoms with van der Waals surface area (Å²) in [6.45, 7) is -0.178. The Balaban J connectivity index is 3.38. The third-order valence-corrected chi connectivity index (χ3v) is 2.01. The molecule has 0 aliphatic rings. The second-order valence-corrected chi connectivity index (χ2v) is 2.75. The summed E-state index contributed by atoms with van der Waals surface area (Å²) in [7, 11) is 0. The summed E-state index contributed by atoms with van der Waals surface area (Å²) < 4.78 is 24.6. The van der Waals surface area contributed by atoms with Gasteiger partial charge in [-0.05, 0) is 0 Å². The normalized spacial score (nSPS) is 10.8. The van der Waals surface area contributed by atoms with E-state index in [1.165, 1.54) is 0 Å². The van der Waals surface area contributed by atoms with Crippen LogP contribution < -0.4 is 11.3 Å². The van der Waals surface area contributed by atoms with E-state index in [-0.39, 0.29) is 22.7 Å². The molecule has 0 aliphatic heterocycles. The Labute approximate surface area is 77.5 Å². The van der Waals surface area contributed by atoms with Crippen molar-refractivity contribution >= 4 is 11.6 Å². The highest BCUT2D eigenvalue weighted by molar-refractivity contribution is 6.31. The van der Waals surface area contributed by atoms with Crippen molar-refractivity contribution < 1.29 is 8.78 Å². The highest BCUT2D eigenvalue weighted by atomic mass is 35.5. The van der Waals surface area contributed by atoms with Crippen LogP contribution in [0.3, 0.4) is 0 Å². The Bertz CT molecular complexity index is 364. The predicted octanol–water partition coefficient (Wildman–Crippen LogP) is 1.42. The van der Waals surface area contributed by atoms with Crippen molar-refractivity contribution in [1.82, 2.24) is 4.98 Å². The summed E-state index contributed by atoms with van der Waals surface area (Å²) in [5.74, 6) is 0. The number of aromatic nitrogens is 1. The highest BCUT2D eigenvalue weighted by Crippen LogP contribution is 2.24. The minimum absolute atomic E-state index is 0.000386. The Hall–Kier alpha value is -0.940. The van der Waals surface area contributed by atoms with E-state index < -0.39 is 12.0 Å². The summed E-state index contributed by atoms with van der Waals surface area (Å²) in [5.41, 5.74) is 4.26. The molecule has 0 saturated carbocycles. The van der Waals surface area contributed by atoms with Crippen molar-refractivity contribution in [1.29, 1.82) is 0 Å². The molecule has 0 aliphatic carbocycles. The van der Waals surface area contributed by atoms with E-state index in [4.69, 9.17) is 17.3 Å². The number of hydrogen-bond donors (Lipinski definition) is 2. The minimum atomic E-state index is -2.69. The van der Waals surface area contributed by atoms with Gasteiger partial charge in [0.25, 0.3) is 12.0 Å². The third kappa shape index (κ3) is 1.87. The molecule has 0 atom stereocenters. The smallest absolute Gasteiger partial charge is 0.267 e. The van der Waals surface area contributed by atoms with Crippen LogP contribution in [0.5, 0.6) is 0 Å². The zero-order valence-corrected chi connectivity index (χ0v) is 7.24. The Morgan fingerprint density at radius 3 is 2.69 bits per heavy atom. The number of H-pyrrole nitrogens is 1. The number of pyridine rings is 1. The summed E-state index contributed by atoms with van der Waals surface area (Å²) in [6, 6.07) is 0. The average molecular weight is 209 g/mol. The van der Waals surface area contributed by atoms with Crippen LogP contribution in [0.25, 0.3) is 0 Å². The van der Waals surface area contributed by atoms with Gasteiger partial charge in [0.05, 0.1) is 0 Å². The molecule has 0 saturated heterocycles. The number of rotatable bonds is 2. The quantitative estimate of drug-likeness (QED) is 0.772. The first-order chi connectivity index (χ1) is 6.07. The predicted molar refractivity (Wildman–Crippen MR) is 44.9 cm³/mol. The van der Waals surface area contributed by atoms with Crippen LogP contribution in [0.15, 0.2) is 11.0 Å². The number of nitrogens with one attached hydrogen (secondary N) is 1. The average Bonchev–Trinajstić information content (AvgIpc) is 2.09. The fourth-order valence-corrected chi connectivity index (χ4v) is 1.20. The molecule has 1 aromatic heterocycles. The van der Waals surface area contributed by atoms with Gasteiger partial charge in [-0.25, -0.2) is 8.78 Å². The number of hydrogen-bond acceptors (Lipinski definition) is 2. The van der Waals surface area contributed by atoms with Crippen molar-refractivity contribution in [3.05, 3.63) is 32.7 Å². The summed E-state index contributed by atoms with van der Waals surface area (Å²) in [4.78, 5) is 13.0. The van der Waals surface area contributed by atoms with Crippen molar-refractivity contribution in [2.45, 2.75) is 13.0 Å². The fourth-order valence-electron chi connectivity index (χ4n) is 0.960. The lowest BCUT2D eigenvalue weighted by Gasteiger charge is -2.06. The molecule has 6 heteroatoms. The standard InChI is InChI=1S/C7H7ClF2N2O/c8-5-3(1-11)4(6(9)10)2-12-7(5)13/h2,6H,1,11H2,(H,12,13). The van der Waals surface area contributed by atoms with Gasteiger partial charge in [0.15, 0.2) is 0 Å². The molecule has 72 valence electrons. The molecule has 3 N–H and O–H groups in total. The van der Waals surface area contributed by atoms with Crippen molar-refractivity contribution in [2.24, 2.45) is 5.73 Å². The first kappa shape index (κ1) is 10.1. The topological polar surface area (TPSA) is 58.9 Å². The lowest BCUT2D eigenvalue weighted by molar-refractivity contribution is 0.149. The molecule has 0 spiro atoms. The first-order valence-electron chi connectivity index (χ1n) is 3.46. The molecule has 0 aromatic carbocycles. The number of aromatic amines is 1.